The molecule has 0 saturated heterocycles. The van der Waals surface area contributed by atoms with Crippen molar-refractivity contribution in [1.82, 2.24) is 5.32 Å². The highest BCUT2D eigenvalue weighted by Crippen LogP contribution is 2.21. The maximum atomic E-state index is 12.1. The van der Waals surface area contributed by atoms with Gasteiger partial charge < -0.3 is 10.2 Å². The van der Waals surface area contributed by atoms with Crippen LogP contribution in [0.5, 0.6) is 0 Å². The zero-order valence-corrected chi connectivity index (χ0v) is 17.9. The van der Waals surface area contributed by atoms with Crippen molar-refractivity contribution in [3.8, 4) is 0 Å². The van der Waals surface area contributed by atoms with Crippen LogP contribution in [0.2, 0.25) is 5.02 Å². The Morgan fingerprint density at radius 1 is 1.00 bits per heavy atom. The molecule has 0 spiro atoms. The first-order valence-corrected chi connectivity index (χ1v) is 11.2. The third kappa shape index (κ3) is 6.73. The SMILES string of the molecule is CN(C)c1ccc(CNC(=O)CCCN(c2ccc(Cl)cc2)S(C)(=O)=O)cc1. The summed E-state index contributed by atoms with van der Waals surface area (Å²) in [6.07, 6.45) is 1.82. The van der Waals surface area contributed by atoms with E-state index in [1.54, 1.807) is 24.3 Å². The van der Waals surface area contributed by atoms with Crippen LogP contribution in [0.3, 0.4) is 0 Å². The van der Waals surface area contributed by atoms with Crippen LogP contribution >= 0.6 is 11.6 Å². The summed E-state index contributed by atoms with van der Waals surface area (Å²) in [6.45, 7) is 0.672. The molecule has 0 unspecified atom stereocenters. The van der Waals surface area contributed by atoms with Crippen molar-refractivity contribution in [3.05, 3.63) is 59.1 Å². The molecule has 2 aromatic rings. The third-order valence-corrected chi connectivity index (χ3v) is 5.67. The Balaban J connectivity index is 1.84. The first-order chi connectivity index (χ1) is 13.2. The number of carbonyl (C=O) groups is 1. The molecular weight excluding hydrogens is 398 g/mol. The van der Waals surface area contributed by atoms with Crippen LogP contribution in [0.4, 0.5) is 11.4 Å². The molecule has 0 saturated carbocycles. The number of halogens is 1. The van der Waals surface area contributed by atoms with Crippen molar-refractivity contribution < 1.29 is 13.2 Å². The Morgan fingerprint density at radius 3 is 2.11 bits per heavy atom. The molecule has 0 aliphatic heterocycles. The zero-order chi connectivity index (χ0) is 20.7. The molecule has 28 heavy (non-hydrogen) atoms. The molecule has 0 fully saturated rings. The number of anilines is 2. The molecule has 1 amide bonds. The second-order valence-corrected chi connectivity index (χ2v) is 9.10. The number of carbonyl (C=O) groups excluding carboxylic acids is 1. The van der Waals surface area contributed by atoms with E-state index >= 15 is 0 Å². The lowest BCUT2D eigenvalue weighted by molar-refractivity contribution is -0.121. The largest absolute Gasteiger partial charge is 0.378 e. The highest BCUT2D eigenvalue weighted by Gasteiger charge is 2.17. The van der Waals surface area contributed by atoms with E-state index in [9.17, 15) is 13.2 Å². The second kappa shape index (κ2) is 9.80. The van der Waals surface area contributed by atoms with Crippen LogP contribution in [0.1, 0.15) is 18.4 Å². The van der Waals surface area contributed by atoms with Crippen LogP contribution in [-0.4, -0.2) is 41.2 Å². The van der Waals surface area contributed by atoms with Gasteiger partial charge in [0.1, 0.15) is 0 Å². The van der Waals surface area contributed by atoms with Crippen molar-refractivity contribution in [2.45, 2.75) is 19.4 Å². The zero-order valence-electron chi connectivity index (χ0n) is 16.4. The van der Waals surface area contributed by atoms with Gasteiger partial charge in [-0.1, -0.05) is 23.7 Å². The van der Waals surface area contributed by atoms with E-state index in [2.05, 4.69) is 5.32 Å². The normalized spacial score (nSPS) is 11.1. The van der Waals surface area contributed by atoms with Crippen LogP contribution in [0, 0.1) is 0 Å². The van der Waals surface area contributed by atoms with Gasteiger partial charge in [0.2, 0.25) is 15.9 Å². The van der Waals surface area contributed by atoms with Gasteiger partial charge >= 0.3 is 0 Å². The summed E-state index contributed by atoms with van der Waals surface area (Å²) in [5.74, 6) is -0.110. The Morgan fingerprint density at radius 2 is 1.57 bits per heavy atom. The van der Waals surface area contributed by atoms with Gasteiger partial charge in [0, 0.05) is 44.3 Å². The van der Waals surface area contributed by atoms with E-state index < -0.39 is 10.0 Å². The fourth-order valence-electron chi connectivity index (χ4n) is 2.68. The van der Waals surface area contributed by atoms with Crippen molar-refractivity contribution in [2.24, 2.45) is 0 Å². The first kappa shape index (κ1) is 22.0. The molecule has 0 heterocycles. The predicted molar refractivity (Wildman–Crippen MR) is 115 cm³/mol. The molecule has 0 bridgehead atoms. The highest BCUT2D eigenvalue weighted by molar-refractivity contribution is 7.92. The van der Waals surface area contributed by atoms with Gasteiger partial charge in [-0.25, -0.2) is 8.42 Å². The van der Waals surface area contributed by atoms with Crippen LogP contribution < -0.4 is 14.5 Å². The number of hydrogen-bond donors (Lipinski definition) is 1. The monoisotopic (exact) mass is 423 g/mol. The molecule has 0 aliphatic carbocycles. The fraction of sp³-hybridized carbons (Fsp3) is 0.350. The number of nitrogens with zero attached hydrogens (tertiary/aromatic N) is 2. The summed E-state index contributed by atoms with van der Waals surface area (Å²) in [6, 6.07) is 14.5. The standard InChI is InChI=1S/C20H26ClN3O3S/c1-23(2)18-10-6-16(7-11-18)15-22-20(25)5-4-14-24(28(3,26)27)19-12-8-17(21)9-13-19/h6-13H,4-5,14-15H2,1-3H3,(H,22,25). The predicted octanol–water partition coefficient (Wildman–Crippen LogP) is 3.27. The second-order valence-electron chi connectivity index (χ2n) is 6.75. The molecule has 2 aromatic carbocycles. The van der Waals surface area contributed by atoms with Gasteiger partial charge in [-0.3, -0.25) is 9.10 Å². The minimum Gasteiger partial charge on any atom is -0.378 e. The lowest BCUT2D eigenvalue weighted by Gasteiger charge is -2.22. The van der Waals surface area contributed by atoms with E-state index in [1.165, 1.54) is 4.31 Å². The molecule has 0 radical (unpaired) electrons. The summed E-state index contributed by atoms with van der Waals surface area (Å²) >= 11 is 5.86. The maximum Gasteiger partial charge on any atom is 0.232 e. The average Bonchev–Trinajstić information content (AvgIpc) is 2.64. The van der Waals surface area contributed by atoms with Crippen molar-refractivity contribution in [2.75, 3.05) is 36.1 Å². The van der Waals surface area contributed by atoms with Gasteiger partial charge in [-0.05, 0) is 48.4 Å². The molecule has 8 heteroatoms. The fourth-order valence-corrected chi connectivity index (χ4v) is 3.77. The molecule has 0 atom stereocenters. The van der Waals surface area contributed by atoms with E-state index in [4.69, 9.17) is 11.6 Å². The Labute approximate surface area is 172 Å². The van der Waals surface area contributed by atoms with Crippen LogP contribution in [0.15, 0.2) is 48.5 Å². The average molecular weight is 424 g/mol. The van der Waals surface area contributed by atoms with Gasteiger partial charge in [-0.2, -0.15) is 0 Å². The molecular formula is C20H26ClN3O3S. The molecule has 0 aromatic heterocycles. The minimum absolute atomic E-state index is 0.110. The lowest BCUT2D eigenvalue weighted by atomic mass is 10.2. The molecule has 1 N–H and O–H groups in total. The lowest BCUT2D eigenvalue weighted by Crippen LogP contribution is -2.32. The third-order valence-electron chi connectivity index (χ3n) is 4.22. The van der Waals surface area contributed by atoms with Gasteiger partial charge in [0.05, 0.1) is 11.9 Å². The topological polar surface area (TPSA) is 69.7 Å². The number of benzene rings is 2. The number of amides is 1. The molecule has 0 aliphatic rings. The number of sulfonamides is 1. The molecule has 2 rings (SSSR count). The number of nitrogens with one attached hydrogen (secondary N) is 1. The minimum atomic E-state index is -3.44. The number of hydrogen-bond acceptors (Lipinski definition) is 4. The Kier molecular flexibility index (Phi) is 7.71. The van der Waals surface area contributed by atoms with Gasteiger partial charge in [-0.15, -0.1) is 0 Å². The van der Waals surface area contributed by atoms with E-state index in [1.807, 2.05) is 43.3 Å². The number of rotatable bonds is 9. The quantitative estimate of drug-likeness (QED) is 0.672. The van der Waals surface area contributed by atoms with Crippen molar-refractivity contribution in [1.29, 1.82) is 0 Å². The molecule has 152 valence electrons. The van der Waals surface area contributed by atoms with Crippen LogP contribution in [-0.2, 0) is 21.4 Å². The maximum absolute atomic E-state index is 12.1. The molecule has 6 nitrogen and oxygen atoms in total. The summed E-state index contributed by atoms with van der Waals surface area (Å²) in [5, 5.41) is 3.41. The summed E-state index contributed by atoms with van der Waals surface area (Å²) in [5.41, 5.74) is 2.64. The highest BCUT2D eigenvalue weighted by atomic mass is 35.5. The van der Waals surface area contributed by atoms with Gasteiger partial charge in [0.25, 0.3) is 0 Å². The summed E-state index contributed by atoms with van der Waals surface area (Å²) in [7, 11) is 0.505. The van der Waals surface area contributed by atoms with Crippen LogP contribution in [0.25, 0.3) is 0 Å². The van der Waals surface area contributed by atoms with E-state index in [0.717, 1.165) is 17.5 Å². The van der Waals surface area contributed by atoms with E-state index in [0.29, 0.717) is 23.7 Å². The van der Waals surface area contributed by atoms with Crippen molar-refractivity contribution >= 4 is 38.9 Å². The van der Waals surface area contributed by atoms with Crippen molar-refractivity contribution in [3.63, 3.8) is 0 Å². The smallest absolute Gasteiger partial charge is 0.232 e. The summed E-state index contributed by atoms with van der Waals surface area (Å²) < 4.78 is 25.4. The van der Waals surface area contributed by atoms with E-state index in [-0.39, 0.29) is 18.9 Å². The summed E-state index contributed by atoms with van der Waals surface area (Å²) in [4.78, 5) is 14.1. The first-order valence-electron chi connectivity index (χ1n) is 8.93. The Hall–Kier alpha value is -2.25. The Bertz CT molecular complexity index is 882. The van der Waals surface area contributed by atoms with Gasteiger partial charge in [0.15, 0.2) is 0 Å².